The first kappa shape index (κ1) is 20.4. The number of carbonyl (C=O) groups excluding carboxylic acids is 1. The Hall–Kier alpha value is -2.48. The molecule has 3 aromatic heterocycles. The van der Waals surface area contributed by atoms with E-state index in [2.05, 4.69) is 46.1 Å². The maximum absolute atomic E-state index is 11.4. The van der Waals surface area contributed by atoms with Gasteiger partial charge < -0.3 is 0 Å². The van der Waals surface area contributed by atoms with Crippen LogP contribution in [0.5, 0.6) is 0 Å². The maximum atomic E-state index is 11.4. The van der Waals surface area contributed by atoms with Gasteiger partial charge in [0.2, 0.25) is 0 Å². The molecule has 0 amide bonds. The molecule has 4 heterocycles. The van der Waals surface area contributed by atoms with Gasteiger partial charge in [-0.15, -0.1) is 22.7 Å². The highest BCUT2D eigenvalue weighted by Gasteiger charge is 2.21. The second-order valence-electron chi connectivity index (χ2n) is 8.12. The van der Waals surface area contributed by atoms with Crippen molar-refractivity contribution < 1.29 is 4.79 Å². The molecule has 31 heavy (non-hydrogen) atoms. The average Bonchev–Trinajstić information content (AvgIpc) is 3.37. The predicted octanol–water partition coefficient (Wildman–Crippen LogP) is 5.11. The summed E-state index contributed by atoms with van der Waals surface area (Å²) < 4.78 is 1.24. The lowest BCUT2D eigenvalue weighted by atomic mass is 10.1. The van der Waals surface area contributed by atoms with Crippen molar-refractivity contribution in [3.05, 3.63) is 64.0 Å². The number of fused-ring (bicyclic) bond motifs is 2. The standard InChI is InChI=1S/C24H24N4OS2/c1-15(29)9-24-26-13-23(31-24)19-10-18-5-7-28(8-6-20(18)25-12-19)16(2)17-3-4-22-21(11-17)27-14-30-22/h3-4,10-14,16H,5-9H2,1-2H3/t16-/m0/s1. The van der Waals surface area contributed by atoms with Crippen LogP contribution in [0.15, 0.2) is 42.2 Å². The third-order valence-corrected chi connectivity index (χ3v) is 7.84. The average molecular weight is 449 g/mol. The van der Waals surface area contributed by atoms with Gasteiger partial charge in [0, 0.05) is 49.2 Å². The van der Waals surface area contributed by atoms with E-state index < -0.39 is 0 Å². The van der Waals surface area contributed by atoms with E-state index in [1.54, 1.807) is 29.6 Å². The Morgan fingerprint density at radius 3 is 2.87 bits per heavy atom. The van der Waals surface area contributed by atoms with E-state index in [9.17, 15) is 4.79 Å². The van der Waals surface area contributed by atoms with Crippen molar-refractivity contribution in [1.82, 2.24) is 19.9 Å². The van der Waals surface area contributed by atoms with Crippen molar-refractivity contribution in [1.29, 1.82) is 0 Å². The molecule has 0 N–H and O–H groups in total. The Labute approximate surface area is 189 Å². The van der Waals surface area contributed by atoms with Crippen molar-refractivity contribution in [2.75, 3.05) is 13.1 Å². The molecule has 1 aliphatic rings. The van der Waals surface area contributed by atoms with Gasteiger partial charge in [-0.1, -0.05) is 6.07 Å². The first-order valence-electron chi connectivity index (χ1n) is 10.6. The molecular formula is C24H24N4OS2. The summed E-state index contributed by atoms with van der Waals surface area (Å²) in [6.45, 7) is 5.90. The van der Waals surface area contributed by atoms with E-state index in [1.807, 2.05) is 17.9 Å². The van der Waals surface area contributed by atoms with Crippen LogP contribution in [0.25, 0.3) is 20.7 Å². The Kier molecular flexibility index (Phi) is 5.65. The van der Waals surface area contributed by atoms with Crippen LogP contribution < -0.4 is 0 Å². The van der Waals surface area contributed by atoms with E-state index in [1.165, 1.54) is 21.5 Å². The second-order valence-corrected chi connectivity index (χ2v) is 10.1. The zero-order valence-corrected chi connectivity index (χ0v) is 19.3. The molecule has 0 bridgehead atoms. The lowest BCUT2D eigenvalue weighted by Crippen LogP contribution is -2.29. The van der Waals surface area contributed by atoms with Gasteiger partial charge in [-0.2, -0.15) is 0 Å². The predicted molar refractivity (Wildman–Crippen MR) is 127 cm³/mol. The van der Waals surface area contributed by atoms with E-state index >= 15 is 0 Å². The number of benzene rings is 1. The summed E-state index contributed by atoms with van der Waals surface area (Å²) in [5.41, 5.74) is 7.94. The maximum Gasteiger partial charge on any atom is 0.136 e. The lowest BCUT2D eigenvalue weighted by Gasteiger charge is -2.27. The van der Waals surface area contributed by atoms with Crippen LogP contribution in [0.3, 0.4) is 0 Å². The molecule has 158 valence electrons. The van der Waals surface area contributed by atoms with E-state index in [4.69, 9.17) is 4.98 Å². The fourth-order valence-corrected chi connectivity index (χ4v) is 5.84. The molecule has 0 radical (unpaired) electrons. The first-order chi connectivity index (χ1) is 15.1. The minimum absolute atomic E-state index is 0.143. The third-order valence-electron chi connectivity index (χ3n) is 5.99. The molecule has 1 aliphatic heterocycles. The number of hydrogen-bond acceptors (Lipinski definition) is 7. The fraction of sp³-hybridized carbons (Fsp3) is 0.333. The highest BCUT2D eigenvalue weighted by molar-refractivity contribution is 7.16. The summed E-state index contributed by atoms with van der Waals surface area (Å²) in [5.74, 6) is 0.143. The molecule has 7 heteroatoms. The molecule has 4 aromatic rings. The highest BCUT2D eigenvalue weighted by Crippen LogP contribution is 2.30. The fourth-order valence-electron chi connectivity index (χ4n) is 4.21. The first-order valence-corrected chi connectivity index (χ1v) is 12.3. The Bertz CT molecular complexity index is 1250. The largest absolute Gasteiger partial charge is 0.300 e. The summed E-state index contributed by atoms with van der Waals surface area (Å²) >= 11 is 3.28. The normalized spacial score (nSPS) is 15.5. The molecule has 5 rings (SSSR count). The number of Topliss-reactive ketones (excluding diaryl/α,β-unsaturated/α-hetero) is 1. The summed E-state index contributed by atoms with van der Waals surface area (Å²) in [6, 6.07) is 9.27. The molecule has 0 fully saturated rings. The van der Waals surface area contributed by atoms with Gasteiger partial charge in [0.1, 0.15) is 10.8 Å². The number of thiazole rings is 2. The minimum Gasteiger partial charge on any atom is -0.300 e. The van der Waals surface area contributed by atoms with Gasteiger partial charge in [-0.25, -0.2) is 9.97 Å². The summed E-state index contributed by atoms with van der Waals surface area (Å²) in [4.78, 5) is 28.7. The molecule has 0 spiro atoms. The topological polar surface area (TPSA) is 59.0 Å². The van der Waals surface area contributed by atoms with Crippen LogP contribution >= 0.6 is 22.7 Å². The van der Waals surface area contributed by atoms with Crippen molar-refractivity contribution in [3.8, 4) is 10.4 Å². The third kappa shape index (κ3) is 4.31. The van der Waals surface area contributed by atoms with Crippen LogP contribution in [0.1, 0.15) is 41.7 Å². The second kappa shape index (κ2) is 8.57. The van der Waals surface area contributed by atoms with Crippen LogP contribution in [0.4, 0.5) is 0 Å². The molecule has 0 saturated heterocycles. The van der Waals surface area contributed by atoms with Crippen LogP contribution in [-0.2, 0) is 24.1 Å². The van der Waals surface area contributed by atoms with E-state index in [0.717, 1.165) is 46.9 Å². The molecule has 0 aliphatic carbocycles. The monoisotopic (exact) mass is 448 g/mol. The van der Waals surface area contributed by atoms with Gasteiger partial charge in [0.05, 0.1) is 27.0 Å². The smallest absolute Gasteiger partial charge is 0.136 e. The Morgan fingerprint density at radius 1 is 1.13 bits per heavy atom. The van der Waals surface area contributed by atoms with Gasteiger partial charge in [0.15, 0.2) is 0 Å². The summed E-state index contributed by atoms with van der Waals surface area (Å²) in [6.07, 6.45) is 6.17. The molecule has 0 saturated carbocycles. The van der Waals surface area contributed by atoms with Gasteiger partial charge in [0.25, 0.3) is 0 Å². The van der Waals surface area contributed by atoms with Crippen LogP contribution in [-0.4, -0.2) is 38.7 Å². The van der Waals surface area contributed by atoms with Crippen molar-refractivity contribution in [3.63, 3.8) is 0 Å². The SMILES string of the molecule is CC(=O)Cc1ncc(-c2cnc3c(c2)CCN([C@@H](C)c2ccc4scnc4c2)CC3)s1. The molecule has 1 aromatic carbocycles. The van der Waals surface area contributed by atoms with Crippen LogP contribution in [0, 0.1) is 0 Å². The van der Waals surface area contributed by atoms with Crippen molar-refractivity contribution in [2.45, 2.75) is 39.2 Å². The molecule has 0 unspecified atom stereocenters. The van der Waals surface area contributed by atoms with Gasteiger partial charge in [-0.3, -0.25) is 14.7 Å². The number of rotatable bonds is 5. The van der Waals surface area contributed by atoms with E-state index in [0.29, 0.717) is 12.5 Å². The zero-order chi connectivity index (χ0) is 21.4. The lowest BCUT2D eigenvalue weighted by molar-refractivity contribution is -0.116. The number of nitrogens with zero attached hydrogens (tertiary/aromatic N) is 4. The summed E-state index contributed by atoms with van der Waals surface area (Å²) in [7, 11) is 0. The van der Waals surface area contributed by atoms with Gasteiger partial charge in [-0.05, 0) is 49.6 Å². The minimum atomic E-state index is 0.143. The number of pyridine rings is 1. The highest BCUT2D eigenvalue weighted by atomic mass is 32.1. The zero-order valence-electron chi connectivity index (χ0n) is 17.7. The van der Waals surface area contributed by atoms with Crippen molar-refractivity contribution >= 4 is 38.7 Å². The Morgan fingerprint density at radius 2 is 2.00 bits per heavy atom. The summed E-state index contributed by atoms with van der Waals surface area (Å²) in [5, 5.41) is 0.870. The quantitative estimate of drug-likeness (QED) is 0.425. The molecule has 1 atom stereocenters. The van der Waals surface area contributed by atoms with Crippen LogP contribution in [0.2, 0.25) is 0 Å². The van der Waals surface area contributed by atoms with Crippen molar-refractivity contribution in [2.24, 2.45) is 0 Å². The van der Waals surface area contributed by atoms with E-state index in [-0.39, 0.29) is 5.78 Å². The number of aromatic nitrogens is 3. The van der Waals surface area contributed by atoms with Gasteiger partial charge >= 0.3 is 0 Å². The number of carbonyl (C=O) groups is 1. The number of hydrogen-bond donors (Lipinski definition) is 0. The molecule has 5 nitrogen and oxygen atoms in total. The number of ketones is 1. The molecular weight excluding hydrogens is 424 g/mol. The Balaban J connectivity index is 1.33.